The van der Waals surface area contributed by atoms with Crippen LogP contribution in [0.3, 0.4) is 0 Å². The summed E-state index contributed by atoms with van der Waals surface area (Å²) in [5.74, 6) is 0. The molecule has 0 saturated carbocycles. The lowest BCUT2D eigenvalue weighted by molar-refractivity contribution is 0.624. The van der Waals surface area contributed by atoms with Gasteiger partial charge in [0.25, 0.3) is 0 Å². The maximum absolute atomic E-state index is 5.18. The number of para-hydroxylation sites is 6. The fraction of sp³-hybridized carbons (Fsp3) is 0.154. The zero-order valence-corrected chi connectivity index (χ0v) is 32.5. The molecule has 0 amide bonds. The maximum atomic E-state index is 5.18. The van der Waals surface area contributed by atoms with E-state index in [0.717, 1.165) is 67.7 Å². The summed E-state index contributed by atoms with van der Waals surface area (Å²) in [6, 6.07) is 67.1. The van der Waals surface area contributed by atoms with Crippen molar-refractivity contribution in [1.82, 2.24) is 9.97 Å². The second kappa shape index (κ2) is 19.2. The molecule has 0 bridgehead atoms. The van der Waals surface area contributed by atoms with E-state index >= 15 is 0 Å². The predicted octanol–water partition coefficient (Wildman–Crippen LogP) is 15.3. The Morgan fingerprint density at radius 2 is 0.571 bits per heavy atom. The fourth-order valence-corrected chi connectivity index (χ4v) is 7.00. The van der Waals surface area contributed by atoms with Gasteiger partial charge in [0.2, 0.25) is 0 Å². The first-order valence-corrected chi connectivity index (χ1v) is 20.0. The van der Waals surface area contributed by atoms with E-state index < -0.39 is 0 Å². The minimum Gasteiger partial charge on any atom is -0.311 e. The summed E-state index contributed by atoms with van der Waals surface area (Å²) < 4.78 is 0. The molecule has 0 aliphatic carbocycles. The molecule has 0 saturated heterocycles. The van der Waals surface area contributed by atoms with Crippen LogP contribution in [0.2, 0.25) is 0 Å². The molecule has 0 N–H and O–H groups in total. The molecule has 278 valence electrons. The van der Waals surface area contributed by atoms with Gasteiger partial charge in [-0.1, -0.05) is 162 Å². The van der Waals surface area contributed by atoms with Crippen LogP contribution >= 0.6 is 0 Å². The zero-order chi connectivity index (χ0) is 38.4. The number of fused-ring (bicyclic) bond motifs is 1. The Labute approximate surface area is 332 Å². The summed E-state index contributed by atoms with van der Waals surface area (Å²) in [6.45, 7) is 4.51. The van der Waals surface area contributed by atoms with Crippen molar-refractivity contribution in [2.45, 2.75) is 52.4 Å². The van der Waals surface area contributed by atoms with Gasteiger partial charge in [-0.2, -0.15) is 0 Å². The molecule has 0 fully saturated rings. The van der Waals surface area contributed by atoms with Crippen LogP contribution in [0.25, 0.3) is 33.5 Å². The van der Waals surface area contributed by atoms with E-state index in [1.807, 2.05) is 48.5 Å². The topological polar surface area (TPSA) is 32.3 Å². The van der Waals surface area contributed by atoms with Crippen LogP contribution in [0.5, 0.6) is 0 Å². The molecule has 0 aliphatic rings. The van der Waals surface area contributed by atoms with Crippen molar-refractivity contribution in [2.75, 3.05) is 9.80 Å². The van der Waals surface area contributed by atoms with Gasteiger partial charge < -0.3 is 9.80 Å². The lowest BCUT2D eigenvalue weighted by atomic mass is 10.0. The number of aromatic nitrogens is 2. The molecule has 0 radical (unpaired) electrons. The van der Waals surface area contributed by atoms with Gasteiger partial charge in [0.05, 0.1) is 22.4 Å². The third-order valence-electron chi connectivity index (χ3n) is 9.88. The minimum absolute atomic E-state index is 0.849. The van der Waals surface area contributed by atoms with Crippen LogP contribution in [0.1, 0.15) is 52.4 Å². The van der Waals surface area contributed by atoms with Gasteiger partial charge in [0.1, 0.15) is 0 Å². The first kappa shape index (κ1) is 37.8. The van der Waals surface area contributed by atoms with E-state index in [-0.39, 0.29) is 0 Å². The van der Waals surface area contributed by atoms with Crippen molar-refractivity contribution in [3.8, 4) is 22.5 Å². The Bertz CT molecular complexity index is 2110. The van der Waals surface area contributed by atoms with Gasteiger partial charge in [0, 0.05) is 45.3 Å². The highest BCUT2D eigenvalue weighted by Crippen LogP contribution is 2.39. The number of unbranched alkanes of at least 4 members (excludes halogenated alkanes) is 5. The summed E-state index contributed by atoms with van der Waals surface area (Å²) in [7, 11) is 0. The molecule has 8 rings (SSSR count). The third-order valence-corrected chi connectivity index (χ3v) is 9.88. The average Bonchev–Trinajstić information content (AvgIpc) is 3.27. The van der Waals surface area contributed by atoms with Gasteiger partial charge in [-0.15, -0.1) is 0 Å². The zero-order valence-electron chi connectivity index (χ0n) is 32.5. The number of hydrogen-bond acceptors (Lipinski definition) is 4. The van der Waals surface area contributed by atoms with Gasteiger partial charge in [-0.05, 0) is 84.9 Å². The Morgan fingerprint density at radius 1 is 0.304 bits per heavy atom. The van der Waals surface area contributed by atoms with Crippen LogP contribution in [-0.2, 0) is 0 Å². The molecule has 4 heteroatoms. The number of anilines is 6. The molecule has 7 aromatic carbocycles. The molecule has 0 aliphatic heterocycles. The standard InChI is InChI=1S/C44H32N4.C8H18/c1-5-15-35(16-6-1)47(36-17-7-2-8-18-36)39-29-25-33(26-30-39)43-44(46-42-24-14-13-23-41(42)45-43)34-27-31-40(32-28-34)48(37-19-9-3-10-20-37)38-21-11-4-12-22-38;1-3-5-7-8-6-4-2/h1-32H;3-8H2,1-2H3. The second-order valence-electron chi connectivity index (χ2n) is 13.9. The highest BCUT2D eigenvalue weighted by atomic mass is 15.1. The number of benzene rings is 7. The number of hydrogen-bond donors (Lipinski definition) is 0. The summed E-state index contributed by atoms with van der Waals surface area (Å²) in [5, 5.41) is 0. The van der Waals surface area contributed by atoms with E-state index in [1.165, 1.54) is 38.5 Å². The average molecular weight is 731 g/mol. The Kier molecular flexibility index (Phi) is 12.9. The fourth-order valence-electron chi connectivity index (χ4n) is 7.00. The predicted molar refractivity (Wildman–Crippen MR) is 239 cm³/mol. The van der Waals surface area contributed by atoms with E-state index in [9.17, 15) is 0 Å². The first-order chi connectivity index (χ1) is 27.7. The van der Waals surface area contributed by atoms with Gasteiger partial charge in [-0.3, -0.25) is 0 Å². The monoisotopic (exact) mass is 730 g/mol. The molecule has 1 aromatic heterocycles. The minimum atomic E-state index is 0.849. The molecule has 1 heterocycles. The number of nitrogens with zero attached hydrogens (tertiary/aromatic N) is 4. The SMILES string of the molecule is CCCCCCCC.c1ccc(N(c2ccccc2)c2ccc(-c3nc4ccccc4nc3-c3ccc(N(c4ccccc4)c4ccccc4)cc3)cc2)cc1. The van der Waals surface area contributed by atoms with Crippen molar-refractivity contribution in [1.29, 1.82) is 0 Å². The Morgan fingerprint density at radius 3 is 0.857 bits per heavy atom. The quantitative estimate of drug-likeness (QED) is 0.111. The summed E-state index contributed by atoms with van der Waals surface area (Å²) >= 11 is 0. The smallest absolute Gasteiger partial charge is 0.0973 e. The van der Waals surface area contributed by atoms with Crippen LogP contribution in [0.4, 0.5) is 34.1 Å². The van der Waals surface area contributed by atoms with Crippen LogP contribution in [0, 0.1) is 0 Å². The molecule has 8 aromatic rings. The van der Waals surface area contributed by atoms with Crippen LogP contribution in [0.15, 0.2) is 194 Å². The van der Waals surface area contributed by atoms with Crippen molar-refractivity contribution < 1.29 is 0 Å². The molecule has 0 spiro atoms. The molecule has 0 unspecified atom stereocenters. The largest absolute Gasteiger partial charge is 0.311 e. The van der Waals surface area contributed by atoms with E-state index in [4.69, 9.17) is 9.97 Å². The lowest BCUT2D eigenvalue weighted by Gasteiger charge is -2.26. The Hall–Kier alpha value is -6.52. The molecule has 4 nitrogen and oxygen atoms in total. The lowest BCUT2D eigenvalue weighted by Crippen LogP contribution is -2.09. The van der Waals surface area contributed by atoms with E-state index in [0.29, 0.717) is 0 Å². The second-order valence-corrected chi connectivity index (χ2v) is 13.9. The van der Waals surface area contributed by atoms with Crippen molar-refractivity contribution in [2.24, 2.45) is 0 Å². The van der Waals surface area contributed by atoms with E-state index in [2.05, 4.69) is 169 Å². The molecular weight excluding hydrogens is 681 g/mol. The Balaban J connectivity index is 0.000000544. The van der Waals surface area contributed by atoms with Crippen molar-refractivity contribution >= 4 is 45.2 Å². The summed E-state index contributed by atoms with van der Waals surface area (Å²) in [6.07, 6.45) is 8.49. The summed E-state index contributed by atoms with van der Waals surface area (Å²) in [5.41, 5.74) is 12.0. The van der Waals surface area contributed by atoms with Gasteiger partial charge >= 0.3 is 0 Å². The van der Waals surface area contributed by atoms with Crippen molar-refractivity contribution in [3.63, 3.8) is 0 Å². The molecular formula is C52H50N4. The number of rotatable bonds is 13. The first-order valence-electron chi connectivity index (χ1n) is 20.0. The van der Waals surface area contributed by atoms with Gasteiger partial charge in [0.15, 0.2) is 0 Å². The van der Waals surface area contributed by atoms with Crippen LogP contribution < -0.4 is 9.80 Å². The van der Waals surface area contributed by atoms with Crippen molar-refractivity contribution in [3.05, 3.63) is 194 Å². The molecule has 0 atom stereocenters. The van der Waals surface area contributed by atoms with Crippen LogP contribution in [-0.4, -0.2) is 9.97 Å². The highest BCUT2D eigenvalue weighted by Gasteiger charge is 2.17. The normalized spacial score (nSPS) is 10.8. The highest BCUT2D eigenvalue weighted by molar-refractivity contribution is 5.88. The van der Waals surface area contributed by atoms with Gasteiger partial charge in [-0.25, -0.2) is 9.97 Å². The summed E-state index contributed by atoms with van der Waals surface area (Å²) in [4.78, 5) is 14.9. The maximum Gasteiger partial charge on any atom is 0.0973 e. The van der Waals surface area contributed by atoms with E-state index in [1.54, 1.807) is 0 Å². The third kappa shape index (κ3) is 9.22. The molecule has 56 heavy (non-hydrogen) atoms.